The molecule has 1 aliphatic rings. The summed E-state index contributed by atoms with van der Waals surface area (Å²) in [4.78, 5) is 2.40. The second kappa shape index (κ2) is 9.70. The van der Waals surface area contributed by atoms with Crippen molar-refractivity contribution >= 4 is 49.8 Å². The molecule has 0 saturated heterocycles. The Morgan fingerprint density at radius 2 is 1.16 bits per heavy atom. The first-order chi connectivity index (χ1) is 22.1. The van der Waals surface area contributed by atoms with Gasteiger partial charge >= 0.3 is 0 Å². The van der Waals surface area contributed by atoms with Gasteiger partial charge in [-0.15, -0.1) is 0 Å². The Hall–Kier alpha value is -5.60. The summed E-state index contributed by atoms with van der Waals surface area (Å²) >= 11 is 0. The van der Waals surface area contributed by atoms with Crippen LogP contribution in [-0.2, 0) is 5.41 Å². The molecule has 0 saturated carbocycles. The summed E-state index contributed by atoms with van der Waals surface area (Å²) in [6.07, 6.45) is 0. The smallest absolute Gasteiger partial charge is 0.143 e. The average Bonchev–Trinajstić information content (AvgIpc) is 3.57. The monoisotopic (exact) mass is 577 g/mol. The quantitative estimate of drug-likeness (QED) is 0.207. The number of hydrogen-bond acceptors (Lipinski definition) is 2. The van der Waals surface area contributed by atoms with Crippen LogP contribution in [0, 0.1) is 0 Å². The van der Waals surface area contributed by atoms with Crippen LogP contribution >= 0.6 is 0 Å². The molecule has 0 aliphatic heterocycles. The number of nitrogens with zero attached hydrogens (tertiary/aromatic N) is 1. The molecule has 45 heavy (non-hydrogen) atoms. The Morgan fingerprint density at radius 1 is 0.489 bits per heavy atom. The zero-order valence-corrected chi connectivity index (χ0v) is 25.3. The Kier molecular flexibility index (Phi) is 5.58. The van der Waals surface area contributed by atoms with E-state index in [2.05, 4.69) is 164 Å². The molecule has 0 spiro atoms. The van der Waals surface area contributed by atoms with Gasteiger partial charge in [0, 0.05) is 38.5 Å². The van der Waals surface area contributed by atoms with Gasteiger partial charge in [-0.2, -0.15) is 0 Å². The normalized spacial score (nSPS) is 13.3. The minimum absolute atomic E-state index is 0.181. The molecule has 214 valence electrons. The van der Waals surface area contributed by atoms with Crippen molar-refractivity contribution in [2.24, 2.45) is 0 Å². The van der Waals surface area contributed by atoms with Crippen LogP contribution in [0.15, 0.2) is 156 Å². The van der Waals surface area contributed by atoms with Crippen LogP contribution in [0.3, 0.4) is 0 Å². The summed E-state index contributed by atoms with van der Waals surface area (Å²) < 4.78 is 6.42. The maximum absolute atomic E-state index is 6.42. The minimum atomic E-state index is -0.181. The van der Waals surface area contributed by atoms with Gasteiger partial charge in [-0.3, -0.25) is 0 Å². The van der Waals surface area contributed by atoms with Crippen molar-refractivity contribution in [2.75, 3.05) is 4.90 Å². The van der Waals surface area contributed by atoms with Crippen LogP contribution in [0.5, 0.6) is 0 Å². The average molecular weight is 578 g/mol. The molecule has 7 aromatic carbocycles. The fraction of sp³-hybridized carbons (Fsp3) is 0.0698. The molecule has 8 aromatic rings. The van der Waals surface area contributed by atoms with Gasteiger partial charge in [-0.25, -0.2) is 0 Å². The topological polar surface area (TPSA) is 16.4 Å². The Bertz CT molecular complexity index is 2410. The zero-order chi connectivity index (χ0) is 30.1. The molecule has 0 bridgehead atoms. The van der Waals surface area contributed by atoms with Gasteiger partial charge in [-0.1, -0.05) is 123 Å². The summed E-state index contributed by atoms with van der Waals surface area (Å²) in [5, 5.41) is 4.78. The fourth-order valence-corrected chi connectivity index (χ4v) is 7.41. The molecular formula is C43H31NO. The summed E-state index contributed by atoms with van der Waals surface area (Å²) in [5.41, 5.74) is 12.8. The van der Waals surface area contributed by atoms with Crippen LogP contribution in [0.25, 0.3) is 55.0 Å². The third-order valence-corrected chi connectivity index (χ3v) is 9.65. The number of fused-ring (bicyclic) bond motifs is 7. The predicted molar refractivity (Wildman–Crippen MR) is 189 cm³/mol. The van der Waals surface area contributed by atoms with Gasteiger partial charge in [0.25, 0.3) is 0 Å². The molecule has 9 rings (SSSR count). The first-order valence-corrected chi connectivity index (χ1v) is 15.6. The van der Waals surface area contributed by atoms with Crippen molar-refractivity contribution in [1.82, 2.24) is 0 Å². The highest BCUT2D eigenvalue weighted by Gasteiger charge is 2.36. The van der Waals surface area contributed by atoms with E-state index in [1.165, 1.54) is 44.3 Å². The number of furan rings is 1. The van der Waals surface area contributed by atoms with E-state index < -0.39 is 0 Å². The molecule has 0 fully saturated rings. The van der Waals surface area contributed by atoms with Crippen molar-refractivity contribution < 1.29 is 4.42 Å². The molecule has 1 aliphatic carbocycles. The first-order valence-electron chi connectivity index (χ1n) is 15.6. The largest absolute Gasteiger partial charge is 0.455 e. The SMILES string of the molecule is CC1(C)c2cc(-c3cccc4c3oc3ccccc34)ccc2-c2ccc(N(c3ccccc3)c3cccc4ccccc34)cc21. The van der Waals surface area contributed by atoms with Crippen LogP contribution in [0.1, 0.15) is 25.0 Å². The lowest BCUT2D eigenvalue weighted by molar-refractivity contribution is 0.660. The van der Waals surface area contributed by atoms with E-state index in [1.54, 1.807) is 0 Å². The highest BCUT2D eigenvalue weighted by atomic mass is 16.3. The van der Waals surface area contributed by atoms with Gasteiger partial charge in [-0.05, 0) is 75.7 Å². The van der Waals surface area contributed by atoms with Crippen molar-refractivity contribution in [3.63, 3.8) is 0 Å². The van der Waals surface area contributed by atoms with E-state index in [0.717, 1.165) is 38.9 Å². The summed E-state index contributed by atoms with van der Waals surface area (Å²) in [6, 6.07) is 54.7. The second-order valence-electron chi connectivity index (χ2n) is 12.6. The van der Waals surface area contributed by atoms with Crippen molar-refractivity contribution in [2.45, 2.75) is 19.3 Å². The number of rotatable bonds is 4. The number of para-hydroxylation sites is 3. The molecule has 0 atom stereocenters. The lowest BCUT2D eigenvalue weighted by atomic mass is 9.81. The Morgan fingerprint density at radius 3 is 2.02 bits per heavy atom. The Labute approximate surface area is 262 Å². The maximum Gasteiger partial charge on any atom is 0.143 e. The molecule has 2 nitrogen and oxygen atoms in total. The molecule has 0 amide bonds. The van der Waals surface area contributed by atoms with Gasteiger partial charge in [0.2, 0.25) is 0 Å². The maximum atomic E-state index is 6.42. The molecular weight excluding hydrogens is 546 g/mol. The molecule has 0 radical (unpaired) electrons. The van der Waals surface area contributed by atoms with Crippen LogP contribution in [0.4, 0.5) is 17.1 Å². The van der Waals surface area contributed by atoms with Crippen LogP contribution in [-0.4, -0.2) is 0 Å². The third-order valence-electron chi connectivity index (χ3n) is 9.65. The van der Waals surface area contributed by atoms with Crippen molar-refractivity contribution in [3.8, 4) is 22.3 Å². The van der Waals surface area contributed by atoms with E-state index in [1.807, 2.05) is 6.07 Å². The Balaban J connectivity index is 1.19. The van der Waals surface area contributed by atoms with Crippen molar-refractivity contribution in [3.05, 3.63) is 163 Å². The fourth-order valence-electron chi connectivity index (χ4n) is 7.41. The summed E-state index contributed by atoms with van der Waals surface area (Å²) in [6.45, 7) is 4.72. The van der Waals surface area contributed by atoms with Gasteiger partial charge in [0.15, 0.2) is 0 Å². The molecule has 0 unspecified atom stereocenters. The zero-order valence-electron chi connectivity index (χ0n) is 25.3. The van der Waals surface area contributed by atoms with E-state index in [-0.39, 0.29) is 5.41 Å². The molecule has 1 aromatic heterocycles. The van der Waals surface area contributed by atoms with E-state index in [9.17, 15) is 0 Å². The molecule has 1 heterocycles. The van der Waals surface area contributed by atoms with Crippen molar-refractivity contribution in [1.29, 1.82) is 0 Å². The van der Waals surface area contributed by atoms with Gasteiger partial charge in [0.1, 0.15) is 11.2 Å². The van der Waals surface area contributed by atoms with Gasteiger partial charge in [0.05, 0.1) is 5.69 Å². The van der Waals surface area contributed by atoms with Crippen LogP contribution in [0.2, 0.25) is 0 Å². The molecule has 2 heteroatoms. The third kappa shape index (κ3) is 3.89. The second-order valence-corrected chi connectivity index (χ2v) is 12.6. The number of anilines is 3. The lowest BCUT2D eigenvalue weighted by Gasteiger charge is -2.29. The highest BCUT2D eigenvalue weighted by molar-refractivity contribution is 6.09. The van der Waals surface area contributed by atoms with E-state index in [0.29, 0.717) is 0 Å². The summed E-state index contributed by atoms with van der Waals surface area (Å²) in [7, 11) is 0. The van der Waals surface area contributed by atoms with E-state index >= 15 is 0 Å². The highest BCUT2D eigenvalue weighted by Crippen LogP contribution is 2.52. The number of benzene rings is 7. The van der Waals surface area contributed by atoms with E-state index in [4.69, 9.17) is 4.42 Å². The van der Waals surface area contributed by atoms with Crippen LogP contribution < -0.4 is 4.90 Å². The first kappa shape index (κ1) is 25.9. The molecule has 0 N–H and O–H groups in total. The predicted octanol–water partition coefficient (Wildman–Crippen LogP) is 12.2. The minimum Gasteiger partial charge on any atom is -0.455 e. The summed E-state index contributed by atoms with van der Waals surface area (Å²) in [5.74, 6) is 0. The standard InChI is InChI=1S/C43H31NO/c1-43(2)38-26-29(33-18-11-19-37-36-17-8-9-21-41(36)45-42(33)37)22-24-34(38)35-25-23-31(27-39(35)43)44(30-14-4-3-5-15-30)40-20-10-13-28-12-6-7-16-32(28)40/h3-27H,1-2H3. The lowest BCUT2D eigenvalue weighted by Crippen LogP contribution is -2.16. The number of hydrogen-bond donors (Lipinski definition) is 0. The van der Waals surface area contributed by atoms with Gasteiger partial charge < -0.3 is 9.32 Å².